The van der Waals surface area contributed by atoms with Gasteiger partial charge in [-0.3, -0.25) is 4.99 Å². The van der Waals surface area contributed by atoms with E-state index in [-0.39, 0.29) is 11.9 Å². The summed E-state index contributed by atoms with van der Waals surface area (Å²) in [5, 5.41) is 0. The zero-order valence-corrected chi connectivity index (χ0v) is 11.2. The molecule has 0 saturated heterocycles. The third-order valence-corrected chi connectivity index (χ3v) is 3.67. The maximum Gasteiger partial charge on any atom is 0.132 e. The molecule has 0 bridgehead atoms. The maximum absolute atomic E-state index is 14.1. The minimum atomic E-state index is -0.227. The first-order chi connectivity index (χ1) is 9.79. The van der Waals surface area contributed by atoms with Gasteiger partial charge >= 0.3 is 0 Å². The van der Waals surface area contributed by atoms with Crippen LogP contribution in [0.2, 0.25) is 0 Å². The standard InChI is InChI=1S/C17H17FN2/c18-16-8-4-3-7-15(16)17-14-6-2-1-5-12(14)11-13(20-17)9-10-19/h1-8,13H,9-11,19H2. The van der Waals surface area contributed by atoms with E-state index < -0.39 is 0 Å². The molecule has 0 spiro atoms. The number of halogens is 1. The summed E-state index contributed by atoms with van der Waals surface area (Å²) >= 11 is 0. The molecule has 1 aliphatic heterocycles. The quantitative estimate of drug-likeness (QED) is 0.913. The summed E-state index contributed by atoms with van der Waals surface area (Å²) in [7, 11) is 0. The summed E-state index contributed by atoms with van der Waals surface area (Å²) in [6, 6.07) is 15.0. The molecule has 1 unspecified atom stereocenters. The van der Waals surface area contributed by atoms with Crippen LogP contribution in [0, 0.1) is 5.82 Å². The van der Waals surface area contributed by atoms with Crippen LogP contribution in [0.4, 0.5) is 4.39 Å². The highest BCUT2D eigenvalue weighted by Gasteiger charge is 2.22. The van der Waals surface area contributed by atoms with Gasteiger partial charge in [-0.15, -0.1) is 0 Å². The predicted molar refractivity (Wildman–Crippen MR) is 79.6 cm³/mol. The van der Waals surface area contributed by atoms with Crippen LogP contribution in [-0.2, 0) is 6.42 Å². The third-order valence-electron chi connectivity index (χ3n) is 3.67. The van der Waals surface area contributed by atoms with Crippen LogP contribution < -0.4 is 5.73 Å². The average Bonchev–Trinajstić information content (AvgIpc) is 2.47. The van der Waals surface area contributed by atoms with Crippen LogP contribution in [0.3, 0.4) is 0 Å². The van der Waals surface area contributed by atoms with Gasteiger partial charge in [0.25, 0.3) is 0 Å². The van der Waals surface area contributed by atoms with Gasteiger partial charge in [0.05, 0.1) is 11.8 Å². The van der Waals surface area contributed by atoms with Gasteiger partial charge in [-0.25, -0.2) is 4.39 Å². The van der Waals surface area contributed by atoms with Gasteiger partial charge in [0, 0.05) is 11.1 Å². The van der Waals surface area contributed by atoms with Gasteiger partial charge in [-0.05, 0) is 37.1 Å². The number of benzene rings is 2. The number of rotatable bonds is 3. The molecule has 2 aromatic carbocycles. The van der Waals surface area contributed by atoms with E-state index in [9.17, 15) is 4.39 Å². The fourth-order valence-corrected chi connectivity index (χ4v) is 2.71. The Hall–Kier alpha value is -2.00. The molecule has 1 atom stereocenters. The molecule has 2 nitrogen and oxygen atoms in total. The van der Waals surface area contributed by atoms with E-state index in [0.717, 1.165) is 24.1 Å². The van der Waals surface area contributed by atoms with Crippen molar-refractivity contribution in [3.8, 4) is 0 Å². The molecular formula is C17H17FN2. The zero-order valence-electron chi connectivity index (χ0n) is 11.2. The number of hydrogen-bond acceptors (Lipinski definition) is 2. The fraction of sp³-hybridized carbons (Fsp3) is 0.235. The second kappa shape index (κ2) is 5.55. The molecule has 3 rings (SSSR count). The lowest BCUT2D eigenvalue weighted by Crippen LogP contribution is -2.24. The Morgan fingerprint density at radius 3 is 2.50 bits per heavy atom. The summed E-state index contributed by atoms with van der Waals surface area (Å²) in [5.74, 6) is -0.227. The summed E-state index contributed by atoms with van der Waals surface area (Å²) in [5.41, 5.74) is 9.23. The summed E-state index contributed by atoms with van der Waals surface area (Å²) < 4.78 is 14.1. The minimum absolute atomic E-state index is 0.143. The number of fused-ring (bicyclic) bond motifs is 1. The van der Waals surface area contributed by atoms with Gasteiger partial charge < -0.3 is 5.73 Å². The number of nitrogens with two attached hydrogens (primary N) is 1. The fourth-order valence-electron chi connectivity index (χ4n) is 2.71. The van der Waals surface area contributed by atoms with Gasteiger partial charge in [-0.1, -0.05) is 36.4 Å². The van der Waals surface area contributed by atoms with E-state index >= 15 is 0 Å². The SMILES string of the molecule is NCCC1Cc2ccccc2C(c2ccccc2F)=N1. The Bertz CT molecular complexity index is 649. The second-order valence-corrected chi connectivity index (χ2v) is 5.05. The molecule has 0 aliphatic carbocycles. The van der Waals surface area contributed by atoms with E-state index in [1.807, 2.05) is 24.3 Å². The molecule has 1 heterocycles. The third kappa shape index (κ3) is 2.37. The predicted octanol–water partition coefficient (Wildman–Crippen LogP) is 2.94. The van der Waals surface area contributed by atoms with Crippen LogP contribution in [0.5, 0.6) is 0 Å². The molecule has 2 aromatic rings. The lowest BCUT2D eigenvalue weighted by molar-refractivity contribution is 0.608. The number of aliphatic imine (C=N–C) groups is 1. The Labute approximate surface area is 118 Å². The van der Waals surface area contributed by atoms with Gasteiger partial charge in [0.2, 0.25) is 0 Å². The van der Waals surface area contributed by atoms with Crippen molar-refractivity contribution in [3.63, 3.8) is 0 Å². The van der Waals surface area contributed by atoms with Crippen molar-refractivity contribution in [3.05, 3.63) is 71.0 Å². The molecule has 1 aliphatic rings. The lowest BCUT2D eigenvalue weighted by Gasteiger charge is -2.23. The van der Waals surface area contributed by atoms with E-state index in [0.29, 0.717) is 12.1 Å². The zero-order chi connectivity index (χ0) is 13.9. The number of nitrogens with zero attached hydrogens (tertiary/aromatic N) is 1. The van der Waals surface area contributed by atoms with Crippen molar-refractivity contribution in [2.75, 3.05) is 6.54 Å². The van der Waals surface area contributed by atoms with Crippen molar-refractivity contribution < 1.29 is 4.39 Å². The van der Waals surface area contributed by atoms with Gasteiger partial charge in [0.1, 0.15) is 5.82 Å². The first-order valence-electron chi connectivity index (χ1n) is 6.90. The number of hydrogen-bond donors (Lipinski definition) is 1. The molecule has 0 radical (unpaired) electrons. The van der Waals surface area contributed by atoms with Crippen LogP contribution in [0.25, 0.3) is 0 Å². The molecule has 0 fully saturated rings. The monoisotopic (exact) mass is 268 g/mol. The molecule has 2 N–H and O–H groups in total. The van der Waals surface area contributed by atoms with Gasteiger partial charge in [-0.2, -0.15) is 0 Å². The van der Waals surface area contributed by atoms with Crippen molar-refractivity contribution >= 4 is 5.71 Å². The minimum Gasteiger partial charge on any atom is -0.330 e. The molecule has 3 heteroatoms. The van der Waals surface area contributed by atoms with Crippen LogP contribution in [0.1, 0.15) is 23.1 Å². The first kappa shape index (κ1) is 13.0. The van der Waals surface area contributed by atoms with E-state index in [1.165, 1.54) is 11.6 Å². The molecule has 20 heavy (non-hydrogen) atoms. The highest BCUT2D eigenvalue weighted by molar-refractivity contribution is 6.14. The van der Waals surface area contributed by atoms with Crippen molar-refractivity contribution in [2.45, 2.75) is 18.9 Å². The van der Waals surface area contributed by atoms with E-state index in [1.54, 1.807) is 12.1 Å². The Balaban J connectivity index is 2.12. The highest BCUT2D eigenvalue weighted by Crippen LogP contribution is 2.25. The molecule has 0 amide bonds. The smallest absolute Gasteiger partial charge is 0.132 e. The van der Waals surface area contributed by atoms with Crippen LogP contribution in [0.15, 0.2) is 53.5 Å². The first-order valence-corrected chi connectivity index (χ1v) is 6.90. The Morgan fingerprint density at radius 1 is 1.05 bits per heavy atom. The van der Waals surface area contributed by atoms with Crippen LogP contribution >= 0.6 is 0 Å². The second-order valence-electron chi connectivity index (χ2n) is 5.05. The maximum atomic E-state index is 14.1. The summed E-state index contributed by atoms with van der Waals surface area (Å²) in [6.45, 7) is 0.598. The van der Waals surface area contributed by atoms with Gasteiger partial charge in [0.15, 0.2) is 0 Å². The Kier molecular flexibility index (Phi) is 3.61. The van der Waals surface area contributed by atoms with Crippen molar-refractivity contribution in [2.24, 2.45) is 10.7 Å². The van der Waals surface area contributed by atoms with Crippen molar-refractivity contribution in [1.82, 2.24) is 0 Å². The topological polar surface area (TPSA) is 38.4 Å². The van der Waals surface area contributed by atoms with E-state index in [2.05, 4.69) is 6.07 Å². The largest absolute Gasteiger partial charge is 0.330 e. The Morgan fingerprint density at radius 2 is 1.75 bits per heavy atom. The molecule has 102 valence electrons. The summed E-state index contributed by atoms with van der Waals surface area (Å²) in [4.78, 5) is 4.74. The molecule has 0 aromatic heterocycles. The summed E-state index contributed by atoms with van der Waals surface area (Å²) in [6.07, 6.45) is 1.71. The molecular weight excluding hydrogens is 251 g/mol. The average molecular weight is 268 g/mol. The van der Waals surface area contributed by atoms with Crippen molar-refractivity contribution in [1.29, 1.82) is 0 Å². The normalized spacial score (nSPS) is 17.5. The highest BCUT2D eigenvalue weighted by atomic mass is 19.1. The lowest BCUT2D eigenvalue weighted by atomic mass is 9.89. The van der Waals surface area contributed by atoms with E-state index in [4.69, 9.17) is 10.7 Å². The van der Waals surface area contributed by atoms with Crippen LogP contribution in [-0.4, -0.2) is 18.3 Å². The molecule has 0 saturated carbocycles.